The van der Waals surface area contributed by atoms with Crippen molar-refractivity contribution >= 4 is 28.4 Å². The summed E-state index contributed by atoms with van der Waals surface area (Å²) in [5.41, 5.74) is -0.524. The molecule has 1 aromatic carbocycles. The van der Waals surface area contributed by atoms with Gasteiger partial charge in [0.05, 0.1) is 5.56 Å². The number of oxime groups is 1. The zero-order valence-electron chi connectivity index (χ0n) is 9.91. The first-order chi connectivity index (χ1) is 8.39. The Hall–Kier alpha value is -0.810. The first kappa shape index (κ1) is 13.6. The van der Waals surface area contributed by atoms with E-state index < -0.39 is 16.3 Å². The molecule has 2 nitrogen and oxygen atoms in total. The summed E-state index contributed by atoms with van der Waals surface area (Å²) in [6.07, 6.45) is 0.580. The molecule has 0 bridgehead atoms. The molecule has 0 radical (unpaired) electrons. The fraction of sp³-hybridized carbons (Fsp3) is 0.417. The van der Waals surface area contributed by atoms with Gasteiger partial charge in [-0.3, -0.25) is 0 Å². The number of halogens is 3. The third-order valence-corrected chi connectivity index (χ3v) is 3.86. The van der Waals surface area contributed by atoms with E-state index in [1.807, 2.05) is 13.8 Å². The minimum Gasteiger partial charge on any atom is -0.389 e. The van der Waals surface area contributed by atoms with Crippen molar-refractivity contribution < 1.29 is 13.6 Å². The van der Waals surface area contributed by atoms with Gasteiger partial charge in [-0.1, -0.05) is 23.0 Å². The van der Waals surface area contributed by atoms with Crippen LogP contribution in [0.2, 0.25) is 0 Å². The minimum atomic E-state index is -0.859. The van der Waals surface area contributed by atoms with Gasteiger partial charge < -0.3 is 4.84 Å². The van der Waals surface area contributed by atoms with Crippen molar-refractivity contribution in [3.8, 4) is 0 Å². The quantitative estimate of drug-likeness (QED) is 0.751. The van der Waals surface area contributed by atoms with E-state index >= 15 is 0 Å². The Labute approximate surface area is 113 Å². The van der Waals surface area contributed by atoms with Crippen molar-refractivity contribution in [1.82, 2.24) is 0 Å². The third-order valence-electron chi connectivity index (χ3n) is 2.44. The molecule has 0 fully saturated rings. The van der Waals surface area contributed by atoms with Crippen LogP contribution in [0.3, 0.4) is 0 Å². The highest BCUT2D eigenvalue weighted by atomic mass is 35.5. The third kappa shape index (κ3) is 2.95. The molecule has 0 saturated heterocycles. The average molecular weight is 292 g/mol. The topological polar surface area (TPSA) is 21.6 Å². The molecule has 1 aliphatic heterocycles. The highest BCUT2D eigenvalue weighted by molar-refractivity contribution is 8.15. The molecule has 1 heterocycles. The molecule has 98 valence electrons. The second kappa shape index (κ2) is 5.05. The van der Waals surface area contributed by atoms with E-state index in [-0.39, 0.29) is 11.2 Å². The molecule has 0 amide bonds. The van der Waals surface area contributed by atoms with Crippen LogP contribution < -0.4 is 0 Å². The number of thioether (sulfide) groups is 1. The molecule has 0 aromatic heterocycles. The van der Waals surface area contributed by atoms with Gasteiger partial charge >= 0.3 is 0 Å². The fourth-order valence-electron chi connectivity index (χ4n) is 1.57. The second-order valence-electron chi connectivity index (χ2n) is 4.58. The zero-order valence-corrected chi connectivity index (χ0v) is 11.5. The van der Waals surface area contributed by atoms with Gasteiger partial charge in [0.25, 0.3) is 0 Å². The lowest BCUT2D eigenvalue weighted by atomic mass is 10.1. The molecule has 1 aromatic rings. The highest BCUT2D eigenvalue weighted by Gasteiger charge is 2.31. The summed E-state index contributed by atoms with van der Waals surface area (Å²) in [5, 5.41) is 4.50. The standard InChI is InChI=1S/C12H12ClF2NOS/c1-12(2)6-9(16-17-12)18-11(13)10-7(14)4-3-5-8(10)15/h3-5,11H,6H2,1-2H3. The van der Waals surface area contributed by atoms with E-state index in [0.29, 0.717) is 11.5 Å². The second-order valence-corrected chi connectivity index (χ2v) is 6.46. The molecule has 0 aliphatic carbocycles. The zero-order chi connectivity index (χ0) is 13.3. The van der Waals surface area contributed by atoms with E-state index in [1.54, 1.807) is 0 Å². The molecular formula is C12H12ClF2NOS. The minimum absolute atomic E-state index is 0.142. The molecule has 0 spiro atoms. The molecule has 1 unspecified atom stereocenters. The maximum absolute atomic E-state index is 13.5. The van der Waals surface area contributed by atoms with Gasteiger partial charge in [-0.25, -0.2) is 8.78 Å². The SMILES string of the molecule is CC1(C)CC(SC(Cl)c2c(F)cccc2F)=NO1. The van der Waals surface area contributed by atoms with Crippen molar-refractivity contribution in [3.63, 3.8) is 0 Å². The summed E-state index contributed by atoms with van der Waals surface area (Å²) in [6, 6.07) is 3.68. The van der Waals surface area contributed by atoms with Gasteiger partial charge in [0.2, 0.25) is 0 Å². The summed E-state index contributed by atoms with van der Waals surface area (Å²) in [4.78, 5) is 5.17. The normalized spacial score (nSPS) is 19.3. The Kier molecular flexibility index (Phi) is 3.82. The monoisotopic (exact) mass is 291 g/mol. The number of alkyl halides is 1. The largest absolute Gasteiger partial charge is 0.389 e. The number of benzene rings is 1. The Balaban J connectivity index is 2.11. The van der Waals surface area contributed by atoms with Crippen molar-refractivity contribution in [2.75, 3.05) is 0 Å². The fourth-order valence-corrected chi connectivity index (χ4v) is 3.18. The van der Waals surface area contributed by atoms with Crippen LogP contribution in [-0.2, 0) is 4.84 Å². The summed E-state index contributed by atoms with van der Waals surface area (Å²) in [7, 11) is 0. The molecule has 0 saturated carbocycles. The summed E-state index contributed by atoms with van der Waals surface area (Å²) < 4.78 is 26.2. The lowest BCUT2D eigenvalue weighted by Gasteiger charge is -2.14. The van der Waals surface area contributed by atoms with Gasteiger partial charge in [-0.05, 0) is 26.0 Å². The summed E-state index contributed by atoms with van der Waals surface area (Å²) >= 11 is 7.14. The first-order valence-electron chi connectivity index (χ1n) is 5.39. The Morgan fingerprint density at radius 2 is 2.00 bits per heavy atom. The molecule has 1 atom stereocenters. The highest BCUT2D eigenvalue weighted by Crippen LogP contribution is 2.40. The van der Waals surface area contributed by atoms with Crippen LogP contribution >= 0.6 is 23.4 Å². The molecule has 2 rings (SSSR count). The van der Waals surface area contributed by atoms with Crippen LogP contribution in [0.1, 0.15) is 30.5 Å². The van der Waals surface area contributed by atoms with E-state index in [2.05, 4.69) is 5.16 Å². The van der Waals surface area contributed by atoms with E-state index in [1.165, 1.54) is 18.2 Å². The van der Waals surface area contributed by atoms with Gasteiger partial charge in [-0.2, -0.15) is 0 Å². The number of hydrogen-bond acceptors (Lipinski definition) is 3. The molecular weight excluding hydrogens is 280 g/mol. The number of rotatable bonds is 2. The predicted octanol–water partition coefficient (Wildman–Crippen LogP) is 4.45. The summed E-state index contributed by atoms with van der Waals surface area (Å²) in [5.74, 6) is -1.30. The van der Waals surface area contributed by atoms with E-state index in [4.69, 9.17) is 16.4 Å². The molecule has 18 heavy (non-hydrogen) atoms. The van der Waals surface area contributed by atoms with Crippen molar-refractivity contribution in [1.29, 1.82) is 0 Å². The van der Waals surface area contributed by atoms with E-state index in [9.17, 15) is 8.78 Å². The smallest absolute Gasteiger partial charge is 0.138 e. The van der Waals surface area contributed by atoms with Crippen LogP contribution in [0.25, 0.3) is 0 Å². The van der Waals surface area contributed by atoms with E-state index in [0.717, 1.165) is 11.8 Å². The molecule has 6 heteroatoms. The van der Waals surface area contributed by atoms with Gasteiger partial charge in [-0.15, -0.1) is 11.6 Å². The lowest BCUT2D eigenvalue weighted by Crippen LogP contribution is -2.18. The molecule has 0 N–H and O–H groups in total. The van der Waals surface area contributed by atoms with Gasteiger partial charge in [0.1, 0.15) is 27.0 Å². The number of hydrogen-bond donors (Lipinski definition) is 0. The summed E-state index contributed by atoms with van der Waals surface area (Å²) in [6.45, 7) is 3.77. The Morgan fingerprint density at radius 1 is 1.39 bits per heavy atom. The van der Waals surface area contributed by atoms with Gasteiger partial charge in [0, 0.05) is 6.42 Å². The Morgan fingerprint density at radius 3 is 2.50 bits per heavy atom. The van der Waals surface area contributed by atoms with Gasteiger partial charge in [0.15, 0.2) is 0 Å². The van der Waals surface area contributed by atoms with Crippen LogP contribution in [0.15, 0.2) is 23.4 Å². The van der Waals surface area contributed by atoms with Crippen molar-refractivity contribution in [2.24, 2.45) is 5.16 Å². The van der Waals surface area contributed by atoms with Crippen LogP contribution in [-0.4, -0.2) is 10.6 Å². The maximum atomic E-state index is 13.5. The Bertz CT molecular complexity index is 473. The lowest BCUT2D eigenvalue weighted by molar-refractivity contribution is 0.0123. The first-order valence-corrected chi connectivity index (χ1v) is 6.70. The van der Waals surface area contributed by atoms with Crippen LogP contribution in [0.4, 0.5) is 8.78 Å². The maximum Gasteiger partial charge on any atom is 0.138 e. The number of nitrogens with zero attached hydrogens (tertiary/aromatic N) is 1. The van der Waals surface area contributed by atoms with Crippen molar-refractivity contribution in [3.05, 3.63) is 35.4 Å². The predicted molar refractivity (Wildman–Crippen MR) is 69.8 cm³/mol. The van der Waals surface area contributed by atoms with Crippen molar-refractivity contribution in [2.45, 2.75) is 30.6 Å². The average Bonchev–Trinajstić information content (AvgIpc) is 2.57. The molecule has 1 aliphatic rings. The van der Waals surface area contributed by atoms with Crippen LogP contribution in [0, 0.1) is 11.6 Å². The van der Waals surface area contributed by atoms with Crippen LogP contribution in [0.5, 0.6) is 0 Å².